The van der Waals surface area contributed by atoms with Crippen molar-refractivity contribution in [3.8, 4) is 0 Å². The largest absolute Gasteiger partial charge is 0.462 e. The SMILES string of the molecule is C=C=C=C=C=C=C=C=C=C=C=C=C=C=CC(=O)OCC(COC(=O)CCC(=O)NCN)OC(=O)CCCCCCCCCCCCCCC.[HH].[HH].[HH].[HH].[HH].[HH].[HH].[HH].[HH].[HH].[HH].[HH].[HH].[HH].[HH]. The molecule has 3 N–H and O–H groups in total. The van der Waals surface area contributed by atoms with Crippen LogP contribution in [0, 0.1) is 0 Å². The number of rotatable bonds is 24. The molecule has 0 aliphatic carbocycles. The summed E-state index contributed by atoms with van der Waals surface area (Å²) < 4.78 is 15.7. The minimum atomic E-state index is -1.03. The van der Waals surface area contributed by atoms with Gasteiger partial charge in [-0.15, -0.1) is 0 Å². The van der Waals surface area contributed by atoms with Crippen LogP contribution < -0.4 is 11.1 Å². The van der Waals surface area contributed by atoms with Gasteiger partial charge in [-0.3, -0.25) is 14.4 Å². The molecule has 0 radical (unpaired) electrons. The maximum absolute atomic E-state index is 12.5. The van der Waals surface area contributed by atoms with Crippen molar-refractivity contribution in [3.05, 3.63) is 87.2 Å². The molecule has 0 aromatic heterocycles. The molecule has 0 spiro atoms. The van der Waals surface area contributed by atoms with Crippen molar-refractivity contribution in [2.45, 2.75) is 116 Å². The Bertz CT molecular complexity index is 1590. The third kappa shape index (κ3) is 32.5. The van der Waals surface area contributed by atoms with E-state index in [9.17, 15) is 19.2 Å². The molecule has 290 valence electrons. The van der Waals surface area contributed by atoms with Crippen LogP contribution in [0.2, 0.25) is 0 Å². The third-order valence-electron chi connectivity index (χ3n) is 6.46. The van der Waals surface area contributed by atoms with Crippen molar-refractivity contribution in [2.75, 3.05) is 19.9 Å². The molecule has 0 aliphatic rings. The fraction of sp³-hybridized carbons (Fsp3) is 0.525. The van der Waals surface area contributed by atoms with Crippen LogP contribution in [0.5, 0.6) is 0 Å². The number of nitrogens with one attached hydrogen (secondary N) is 1. The Labute approximate surface area is 312 Å². The van der Waals surface area contributed by atoms with E-state index in [1.807, 2.05) is 0 Å². The Kier molecular flexibility index (Phi) is 30.4. The van der Waals surface area contributed by atoms with Gasteiger partial charge in [-0.2, -0.15) is 0 Å². The Balaban J connectivity index is -0.000000110. The van der Waals surface area contributed by atoms with E-state index < -0.39 is 29.9 Å². The molecule has 9 heteroatoms. The van der Waals surface area contributed by atoms with E-state index in [-0.39, 0.29) is 60.5 Å². The normalized spacial score (nSPS) is 9.43. The van der Waals surface area contributed by atoms with Gasteiger partial charge >= 0.3 is 17.9 Å². The van der Waals surface area contributed by atoms with Crippen molar-refractivity contribution in [2.24, 2.45) is 5.73 Å². The van der Waals surface area contributed by atoms with E-state index >= 15 is 0 Å². The smallest absolute Gasteiger partial charge is 0.339 e. The predicted molar refractivity (Wildman–Crippen MR) is 216 cm³/mol. The molecule has 49 heavy (non-hydrogen) atoms. The van der Waals surface area contributed by atoms with Crippen LogP contribution in [0.25, 0.3) is 0 Å². The molecule has 1 atom stereocenters. The molecule has 9 nitrogen and oxygen atoms in total. The van der Waals surface area contributed by atoms with Gasteiger partial charge < -0.3 is 25.3 Å². The molecule has 0 aromatic carbocycles. The van der Waals surface area contributed by atoms with Gasteiger partial charge in [-0.25, -0.2) is 4.79 Å². The van der Waals surface area contributed by atoms with Crippen LogP contribution >= 0.6 is 0 Å². The second kappa shape index (κ2) is 34.1. The van der Waals surface area contributed by atoms with Gasteiger partial charge in [0.15, 0.2) is 6.10 Å². The number of unbranched alkanes of at least 4 members (excludes halogenated alkanes) is 12. The first-order valence-corrected chi connectivity index (χ1v) is 16.8. The molecule has 0 bridgehead atoms. The Morgan fingerprint density at radius 2 is 1.14 bits per heavy atom. The van der Waals surface area contributed by atoms with E-state index in [0.717, 1.165) is 25.3 Å². The lowest BCUT2D eigenvalue weighted by Gasteiger charge is -2.17. The second-order valence-electron chi connectivity index (χ2n) is 10.6. The maximum atomic E-state index is 12.5. The highest BCUT2D eigenvalue weighted by molar-refractivity contribution is 5.82. The van der Waals surface area contributed by atoms with Gasteiger partial charge in [0.05, 0.1) is 19.2 Å². The summed E-state index contributed by atoms with van der Waals surface area (Å²) in [4.78, 5) is 48.2. The fourth-order valence-electron chi connectivity index (χ4n) is 4.00. The number of carbonyl (C=O) groups is 4. The van der Waals surface area contributed by atoms with E-state index in [2.05, 4.69) is 93.3 Å². The minimum absolute atomic E-state index is 0. The zero-order chi connectivity index (χ0) is 36.0. The van der Waals surface area contributed by atoms with Crippen LogP contribution in [-0.4, -0.2) is 49.8 Å². The summed E-state index contributed by atoms with van der Waals surface area (Å²) in [6, 6.07) is 0. The van der Waals surface area contributed by atoms with Gasteiger partial charge in [-0.05, 0) is 76.0 Å². The summed E-state index contributed by atoms with van der Waals surface area (Å²) in [6.45, 7) is 4.79. The van der Waals surface area contributed by atoms with Crippen LogP contribution in [0.15, 0.2) is 87.2 Å². The topological polar surface area (TPSA) is 134 Å². The highest BCUT2D eigenvalue weighted by Crippen LogP contribution is 2.13. The van der Waals surface area contributed by atoms with Crippen LogP contribution in [0.4, 0.5) is 0 Å². The molecule has 0 rings (SSSR count). The van der Waals surface area contributed by atoms with Crippen molar-refractivity contribution in [1.82, 2.24) is 5.32 Å². The monoisotopic (exact) mass is 699 g/mol. The lowest BCUT2D eigenvalue weighted by Crippen LogP contribution is -2.31. The first kappa shape index (κ1) is 43.7. The maximum Gasteiger partial charge on any atom is 0.339 e. The molecule has 1 amide bonds. The molecule has 0 saturated carbocycles. The molecular formula is C40H78N2O7. The minimum Gasteiger partial charge on any atom is -0.462 e. The number of esters is 3. The average molecular weight is 699 g/mol. The van der Waals surface area contributed by atoms with Gasteiger partial charge in [0.1, 0.15) is 13.2 Å². The van der Waals surface area contributed by atoms with Gasteiger partial charge in [0.2, 0.25) is 5.91 Å². The molecule has 0 aromatic rings. The number of amides is 1. The molecule has 0 heterocycles. The third-order valence-corrected chi connectivity index (χ3v) is 6.46. The number of ether oxygens (including phenoxy) is 3. The second-order valence-corrected chi connectivity index (χ2v) is 10.6. The number of nitrogens with two attached hydrogens (primary N) is 1. The molecule has 0 fully saturated rings. The van der Waals surface area contributed by atoms with Crippen LogP contribution in [-0.2, 0) is 33.4 Å². The zero-order valence-electron chi connectivity index (χ0n) is 28.7. The number of hydrogen-bond donors (Lipinski definition) is 2. The average Bonchev–Trinajstić information content (AvgIpc) is 3.09. The van der Waals surface area contributed by atoms with E-state index in [4.69, 9.17) is 19.9 Å². The van der Waals surface area contributed by atoms with Gasteiger partial charge in [0.25, 0.3) is 0 Å². The summed E-state index contributed by atoms with van der Waals surface area (Å²) in [5, 5.41) is 2.38. The van der Waals surface area contributed by atoms with Crippen molar-refractivity contribution in [3.63, 3.8) is 0 Å². The zero-order valence-corrected chi connectivity index (χ0v) is 28.7. The van der Waals surface area contributed by atoms with Crippen LogP contribution in [0.3, 0.4) is 0 Å². The Morgan fingerprint density at radius 3 is 1.67 bits per heavy atom. The van der Waals surface area contributed by atoms with E-state index in [1.165, 1.54) is 57.8 Å². The van der Waals surface area contributed by atoms with Crippen molar-refractivity contribution >= 4 is 23.8 Å². The lowest BCUT2D eigenvalue weighted by molar-refractivity contribution is -0.165. The highest BCUT2D eigenvalue weighted by Gasteiger charge is 2.19. The number of carbonyl (C=O) groups excluding carboxylic acids is 4. The summed E-state index contributed by atoms with van der Waals surface area (Å²) in [5.74, 6) is -2.36. The quantitative estimate of drug-likeness (QED) is 0.0254. The van der Waals surface area contributed by atoms with E-state index in [1.54, 1.807) is 0 Å². The first-order chi connectivity index (χ1) is 23.9. The molecule has 1 unspecified atom stereocenters. The summed E-state index contributed by atoms with van der Waals surface area (Å²) >= 11 is 0. The Hall–Kier alpha value is -5.28. The fourth-order valence-corrected chi connectivity index (χ4v) is 4.00. The Morgan fingerprint density at radius 1 is 0.653 bits per heavy atom. The van der Waals surface area contributed by atoms with Crippen molar-refractivity contribution in [1.29, 1.82) is 0 Å². The first-order valence-electron chi connectivity index (χ1n) is 16.8. The highest BCUT2D eigenvalue weighted by atomic mass is 16.6. The number of hydrogen-bond acceptors (Lipinski definition) is 8. The van der Waals surface area contributed by atoms with Gasteiger partial charge in [-0.1, -0.05) is 95.4 Å². The van der Waals surface area contributed by atoms with E-state index in [0.29, 0.717) is 6.42 Å². The molecule has 0 aliphatic heterocycles. The molecular weight excluding hydrogens is 620 g/mol. The van der Waals surface area contributed by atoms with Crippen molar-refractivity contribution < 1.29 is 54.8 Å². The summed E-state index contributed by atoms with van der Waals surface area (Å²) in [6.07, 6.45) is 15.2. The molecule has 0 saturated heterocycles. The summed E-state index contributed by atoms with van der Waals surface area (Å²) in [7, 11) is 0. The van der Waals surface area contributed by atoms with Gasteiger partial charge in [0, 0.05) is 34.2 Å². The standard InChI is InChI=1S/C40H48N2O7.15H2/c1-3-5-7-9-11-13-15-17-19-21-23-25-27-29-38(44)47-33-36(34-48-39(45)32-31-37(43)42-35-41)49-40(46)30-28-26-24-22-20-18-16-14-12-10-8-6-4-2;;;;;;;;;;;;;;;/h29,36H,1,4,6,8,10,12,14,16,18,20,22,24,26,28,30-35,41H2,2H3,(H,42,43);15*1H. The lowest BCUT2D eigenvalue weighted by atomic mass is 10.0. The summed E-state index contributed by atoms with van der Waals surface area (Å²) in [5.41, 5.74) is 37.0. The van der Waals surface area contributed by atoms with Crippen LogP contribution in [0.1, 0.15) is 131 Å². The predicted octanol–water partition coefficient (Wildman–Crippen LogP) is 10.2.